The van der Waals surface area contributed by atoms with Crippen molar-refractivity contribution in [3.05, 3.63) is 12.2 Å². The molecule has 0 heterocycles. The van der Waals surface area contributed by atoms with Crippen LogP contribution in [0.25, 0.3) is 0 Å². The lowest BCUT2D eigenvalue weighted by molar-refractivity contribution is -0.144. The van der Waals surface area contributed by atoms with E-state index in [2.05, 4.69) is 11.9 Å². The Kier molecular flexibility index (Phi) is 6.42. The predicted octanol–water partition coefficient (Wildman–Crippen LogP) is 1.27. The molecule has 15 heavy (non-hydrogen) atoms. The van der Waals surface area contributed by atoms with Gasteiger partial charge >= 0.3 is 5.97 Å². The van der Waals surface area contributed by atoms with E-state index in [1.54, 1.807) is 6.92 Å². The predicted molar refractivity (Wildman–Crippen MR) is 58.2 cm³/mol. The van der Waals surface area contributed by atoms with Crippen LogP contribution in [0.3, 0.4) is 0 Å². The van der Waals surface area contributed by atoms with Crippen LogP contribution < -0.4 is 5.32 Å². The quantitative estimate of drug-likeness (QED) is 0.410. The average molecular weight is 213 g/mol. The largest absolute Gasteiger partial charge is 0.464 e. The Hall–Kier alpha value is -1.32. The Morgan fingerprint density at radius 3 is 2.47 bits per heavy atom. The molecule has 0 aliphatic carbocycles. The molecule has 1 N–H and O–H groups in total. The van der Waals surface area contributed by atoms with Gasteiger partial charge in [0, 0.05) is 12.0 Å². The molecule has 0 unspecified atom stereocenters. The zero-order valence-electron chi connectivity index (χ0n) is 9.63. The van der Waals surface area contributed by atoms with Gasteiger partial charge in [-0.15, -0.1) is 0 Å². The summed E-state index contributed by atoms with van der Waals surface area (Å²) in [5.74, 6) is -0.146. The van der Waals surface area contributed by atoms with Gasteiger partial charge in [-0.25, -0.2) is 0 Å². The summed E-state index contributed by atoms with van der Waals surface area (Å²) in [5, 5.41) is 2.58. The van der Waals surface area contributed by atoms with Gasteiger partial charge in [0.05, 0.1) is 6.54 Å². The van der Waals surface area contributed by atoms with Crippen LogP contribution in [0.5, 0.6) is 0 Å². The topological polar surface area (TPSA) is 55.4 Å². The molecule has 0 saturated carbocycles. The van der Waals surface area contributed by atoms with E-state index in [1.165, 1.54) is 0 Å². The van der Waals surface area contributed by atoms with Crippen molar-refractivity contribution in [3.63, 3.8) is 0 Å². The van der Waals surface area contributed by atoms with Crippen molar-refractivity contribution >= 4 is 11.9 Å². The molecule has 86 valence electrons. The van der Waals surface area contributed by atoms with Crippen LogP contribution >= 0.6 is 0 Å². The minimum absolute atomic E-state index is 0.213. The molecule has 0 rings (SSSR count). The number of esters is 1. The van der Waals surface area contributed by atoms with E-state index >= 15 is 0 Å². The highest BCUT2D eigenvalue weighted by molar-refractivity contribution is 5.92. The molecule has 0 aromatic carbocycles. The summed E-state index contributed by atoms with van der Waals surface area (Å²) in [6.07, 6.45) is 0.411. The molecule has 0 radical (unpaired) electrons. The maximum Gasteiger partial charge on any atom is 0.306 e. The number of hydrogen-bond donors (Lipinski definition) is 1. The second-order valence-electron chi connectivity index (χ2n) is 3.85. The molecule has 0 fully saturated rings. The van der Waals surface area contributed by atoms with E-state index in [0.717, 1.165) is 0 Å². The third-order valence-corrected chi connectivity index (χ3v) is 1.61. The molecule has 1 amide bonds. The van der Waals surface area contributed by atoms with Gasteiger partial charge in [-0.05, 0) is 12.8 Å². The lowest BCUT2D eigenvalue weighted by Crippen LogP contribution is -2.28. The number of amides is 1. The number of rotatable bonds is 6. The fourth-order valence-corrected chi connectivity index (χ4v) is 0.873. The molecular formula is C11H19NO3. The van der Waals surface area contributed by atoms with E-state index in [1.807, 2.05) is 13.8 Å². The van der Waals surface area contributed by atoms with Crippen molar-refractivity contribution in [2.75, 3.05) is 13.2 Å². The van der Waals surface area contributed by atoms with Crippen LogP contribution in [-0.4, -0.2) is 25.0 Å². The zero-order chi connectivity index (χ0) is 11.8. The summed E-state index contributed by atoms with van der Waals surface area (Å²) in [5.41, 5.74) is 0.448. The third-order valence-electron chi connectivity index (χ3n) is 1.61. The van der Waals surface area contributed by atoms with Gasteiger partial charge in [-0.1, -0.05) is 20.4 Å². The lowest BCUT2D eigenvalue weighted by atomic mass is 10.1. The first-order valence-corrected chi connectivity index (χ1v) is 5.02. The normalized spacial score (nSPS) is 9.87. The first kappa shape index (κ1) is 13.7. The highest BCUT2D eigenvalue weighted by atomic mass is 16.5. The standard InChI is InChI=1S/C11H19NO3/c1-8(2)7-10(13)15-6-5-12-11(14)9(3)4/h8H,3,5-7H2,1-2,4H3,(H,12,14). The number of hydrogen-bond acceptors (Lipinski definition) is 3. The molecule has 4 heteroatoms. The van der Waals surface area contributed by atoms with Crippen LogP contribution in [0.4, 0.5) is 0 Å². The molecule has 4 nitrogen and oxygen atoms in total. The van der Waals surface area contributed by atoms with E-state index in [-0.39, 0.29) is 18.5 Å². The van der Waals surface area contributed by atoms with Crippen molar-refractivity contribution in [2.24, 2.45) is 5.92 Å². The molecule has 0 spiro atoms. The highest BCUT2D eigenvalue weighted by Crippen LogP contribution is 2.00. The maximum absolute atomic E-state index is 11.1. The van der Waals surface area contributed by atoms with Gasteiger partial charge in [0.2, 0.25) is 5.91 Å². The average Bonchev–Trinajstić information content (AvgIpc) is 2.10. The summed E-state index contributed by atoms with van der Waals surface area (Å²) in [6.45, 7) is 9.55. The third kappa shape index (κ3) is 7.73. The van der Waals surface area contributed by atoms with Crippen molar-refractivity contribution in [2.45, 2.75) is 27.2 Å². The molecular weight excluding hydrogens is 194 g/mol. The Balaban J connectivity index is 3.50. The summed E-state index contributed by atoms with van der Waals surface area (Å²) in [6, 6.07) is 0. The van der Waals surface area contributed by atoms with E-state index < -0.39 is 0 Å². The van der Waals surface area contributed by atoms with E-state index in [9.17, 15) is 9.59 Å². The van der Waals surface area contributed by atoms with Crippen LogP contribution in [0.2, 0.25) is 0 Å². The molecule has 0 saturated heterocycles. The van der Waals surface area contributed by atoms with Gasteiger partial charge in [0.25, 0.3) is 0 Å². The Morgan fingerprint density at radius 2 is 2.00 bits per heavy atom. The Morgan fingerprint density at radius 1 is 1.40 bits per heavy atom. The zero-order valence-corrected chi connectivity index (χ0v) is 9.63. The Bertz CT molecular complexity index is 246. The van der Waals surface area contributed by atoms with Crippen molar-refractivity contribution in [1.82, 2.24) is 5.32 Å². The fourth-order valence-electron chi connectivity index (χ4n) is 0.873. The van der Waals surface area contributed by atoms with Crippen molar-refractivity contribution in [1.29, 1.82) is 0 Å². The Labute approximate surface area is 90.7 Å². The fraction of sp³-hybridized carbons (Fsp3) is 0.636. The minimum atomic E-state index is -0.227. The molecule has 0 aliphatic rings. The first-order valence-electron chi connectivity index (χ1n) is 5.02. The molecule has 0 aliphatic heterocycles. The number of ether oxygens (including phenoxy) is 1. The van der Waals surface area contributed by atoms with Crippen LogP contribution in [-0.2, 0) is 14.3 Å². The van der Waals surface area contributed by atoms with Gasteiger partial charge in [0.15, 0.2) is 0 Å². The lowest BCUT2D eigenvalue weighted by Gasteiger charge is -2.07. The number of carbonyl (C=O) groups is 2. The summed E-state index contributed by atoms with van der Waals surface area (Å²) in [7, 11) is 0. The summed E-state index contributed by atoms with van der Waals surface area (Å²) < 4.78 is 4.90. The summed E-state index contributed by atoms with van der Waals surface area (Å²) >= 11 is 0. The van der Waals surface area contributed by atoms with Gasteiger partial charge in [-0.3, -0.25) is 9.59 Å². The second-order valence-corrected chi connectivity index (χ2v) is 3.85. The van der Waals surface area contributed by atoms with Crippen molar-refractivity contribution < 1.29 is 14.3 Å². The van der Waals surface area contributed by atoms with Gasteiger partial charge in [-0.2, -0.15) is 0 Å². The van der Waals surface area contributed by atoms with E-state index in [0.29, 0.717) is 24.5 Å². The molecule has 0 bridgehead atoms. The molecule has 0 aromatic heterocycles. The molecule has 0 aromatic rings. The number of carbonyl (C=O) groups excluding carboxylic acids is 2. The van der Waals surface area contributed by atoms with Gasteiger partial charge in [0.1, 0.15) is 6.61 Å². The second kappa shape index (κ2) is 7.04. The smallest absolute Gasteiger partial charge is 0.306 e. The van der Waals surface area contributed by atoms with Crippen LogP contribution in [0.15, 0.2) is 12.2 Å². The number of nitrogens with one attached hydrogen (secondary N) is 1. The maximum atomic E-state index is 11.1. The summed E-state index contributed by atoms with van der Waals surface area (Å²) in [4.78, 5) is 22.1. The SMILES string of the molecule is C=C(C)C(=O)NCCOC(=O)CC(C)C. The monoisotopic (exact) mass is 213 g/mol. The van der Waals surface area contributed by atoms with Crippen LogP contribution in [0.1, 0.15) is 27.2 Å². The highest BCUT2D eigenvalue weighted by Gasteiger charge is 2.06. The first-order chi connectivity index (χ1) is 6.93. The molecule has 0 atom stereocenters. The van der Waals surface area contributed by atoms with Crippen molar-refractivity contribution in [3.8, 4) is 0 Å². The van der Waals surface area contributed by atoms with E-state index in [4.69, 9.17) is 4.74 Å². The minimum Gasteiger partial charge on any atom is -0.464 e. The van der Waals surface area contributed by atoms with Crippen LogP contribution in [0, 0.1) is 5.92 Å². The van der Waals surface area contributed by atoms with Gasteiger partial charge < -0.3 is 10.1 Å².